The van der Waals surface area contributed by atoms with Crippen LogP contribution in [0.15, 0.2) is 47.4 Å². The molecule has 0 aromatic heterocycles. The molecule has 0 aliphatic carbocycles. The van der Waals surface area contributed by atoms with Crippen LogP contribution in [0.25, 0.3) is 0 Å². The van der Waals surface area contributed by atoms with E-state index in [1.54, 1.807) is 24.3 Å². The number of carboxylic acid groups (broad SMARTS) is 1. The van der Waals surface area contributed by atoms with E-state index in [1.165, 1.54) is 23.9 Å². The molecule has 0 radical (unpaired) electrons. The van der Waals surface area contributed by atoms with E-state index in [9.17, 15) is 14.0 Å². The molecule has 6 heteroatoms. The maximum Gasteiger partial charge on any atom is 0.338 e. The monoisotopic (exact) mass is 305 g/mol. The lowest BCUT2D eigenvalue weighted by atomic mass is 10.1. The number of primary amides is 1. The highest BCUT2D eigenvalue weighted by Gasteiger charge is 2.12. The van der Waals surface area contributed by atoms with Gasteiger partial charge in [0.25, 0.3) is 0 Å². The largest absolute Gasteiger partial charge is 0.478 e. The van der Waals surface area contributed by atoms with Crippen LogP contribution in [0.3, 0.4) is 0 Å². The molecule has 0 bridgehead atoms. The van der Waals surface area contributed by atoms with Crippen molar-refractivity contribution in [1.82, 2.24) is 0 Å². The van der Waals surface area contributed by atoms with Crippen LogP contribution in [0.1, 0.15) is 26.3 Å². The Kier molecular flexibility index (Phi) is 4.59. The Hall–Kier alpha value is -2.34. The second kappa shape index (κ2) is 6.41. The Morgan fingerprint density at radius 2 is 1.86 bits per heavy atom. The van der Waals surface area contributed by atoms with Crippen LogP contribution in [0.4, 0.5) is 4.39 Å². The SMILES string of the molecule is NC(=O)c1ccccc1CSc1ccc(F)c(C(=O)O)c1. The first-order chi connectivity index (χ1) is 9.99. The highest BCUT2D eigenvalue weighted by atomic mass is 32.2. The van der Waals surface area contributed by atoms with Gasteiger partial charge in [0.2, 0.25) is 5.91 Å². The van der Waals surface area contributed by atoms with Gasteiger partial charge in [-0.3, -0.25) is 4.79 Å². The molecule has 0 aliphatic heterocycles. The number of nitrogens with two attached hydrogens (primary N) is 1. The number of carboxylic acids is 1. The first-order valence-corrected chi connectivity index (χ1v) is 7.01. The molecule has 0 unspecified atom stereocenters. The minimum absolute atomic E-state index is 0.372. The predicted molar refractivity (Wildman–Crippen MR) is 77.9 cm³/mol. The van der Waals surface area contributed by atoms with Gasteiger partial charge in [-0.1, -0.05) is 18.2 Å². The smallest absolute Gasteiger partial charge is 0.338 e. The minimum Gasteiger partial charge on any atom is -0.478 e. The number of halogens is 1. The van der Waals surface area contributed by atoms with Crippen LogP contribution in [0, 0.1) is 5.82 Å². The van der Waals surface area contributed by atoms with Gasteiger partial charge in [-0.05, 0) is 29.8 Å². The van der Waals surface area contributed by atoms with E-state index in [0.717, 1.165) is 11.6 Å². The van der Waals surface area contributed by atoms with Gasteiger partial charge in [-0.25, -0.2) is 9.18 Å². The molecular weight excluding hydrogens is 293 g/mol. The molecule has 0 aliphatic rings. The number of carbonyl (C=O) groups excluding carboxylic acids is 1. The molecule has 108 valence electrons. The lowest BCUT2D eigenvalue weighted by Crippen LogP contribution is -2.13. The summed E-state index contributed by atoms with van der Waals surface area (Å²) in [5.41, 5.74) is 6.09. The number of amides is 1. The molecular formula is C15H12FNO3S. The summed E-state index contributed by atoms with van der Waals surface area (Å²) in [6, 6.07) is 10.8. The zero-order valence-corrected chi connectivity index (χ0v) is 11.7. The second-order valence-corrected chi connectivity index (χ2v) is 5.31. The fourth-order valence-corrected chi connectivity index (χ4v) is 2.75. The maximum atomic E-state index is 13.3. The molecule has 3 N–H and O–H groups in total. The maximum absolute atomic E-state index is 13.3. The van der Waals surface area contributed by atoms with Crippen LogP contribution in [0.5, 0.6) is 0 Å². The van der Waals surface area contributed by atoms with Crippen LogP contribution in [-0.4, -0.2) is 17.0 Å². The zero-order chi connectivity index (χ0) is 15.4. The third-order valence-corrected chi connectivity index (χ3v) is 3.89. The Morgan fingerprint density at radius 3 is 2.52 bits per heavy atom. The molecule has 0 spiro atoms. The molecule has 21 heavy (non-hydrogen) atoms. The van der Waals surface area contributed by atoms with Gasteiger partial charge in [-0.15, -0.1) is 11.8 Å². The van der Waals surface area contributed by atoms with Crippen molar-refractivity contribution < 1.29 is 19.1 Å². The molecule has 2 rings (SSSR count). The normalized spacial score (nSPS) is 10.3. The number of rotatable bonds is 5. The molecule has 4 nitrogen and oxygen atoms in total. The summed E-state index contributed by atoms with van der Waals surface area (Å²) in [4.78, 5) is 22.8. The lowest BCUT2D eigenvalue weighted by Gasteiger charge is -2.07. The molecule has 2 aromatic carbocycles. The summed E-state index contributed by atoms with van der Waals surface area (Å²) in [5.74, 6) is -2.17. The van der Waals surface area contributed by atoms with Crippen molar-refractivity contribution in [2.45, 2.75) is 10.6 Å². The van der Waals surface area contributed by atoms with Crippen LogP contribution < -0.4 is 5.73 Å². The first kappa shape index (κ1) is 15.1. The van der Waals surface area contributed by atoms with Crippen LogP contribution in [0.2, 0.25) is 0 Å². The third kappa shape index (κ3) is 3.61. The molecule has 0 saturated carbocycles. The number of carbonyl (C=O) groups is 2. The molecule has 0 atom stereocenters. The molecule has 0 heterocycles. The fraction of sp³-hybridized carbons (Fsp3) is 0.0667. The van der Waals surface area contributed by atoms with E-state index in [0.29, 0.717) is 16.2 Å². The van der Waals surface area contributed by atoms with Gasteiger partial charge in [-0.2, -0.15) is 0 Å². The van der Waals surface area contributed by atoms with Gasteiger partial charge in [0, 0.05) is 16.2 Å². The topological polar surface area (TPSA) is 80.4 Å². The molecule has 0 fully saturated rings. The van der Waals surface area contributed by atoms with E-state index in [2.05, 4.69) is 0 Å². The Balaban J connectivity index is 2.19. The fourth-order valence-electron chi connectivity index (χ4n) is 1.81. The highest BCUT2D eigenvalue weighted by Crippen LogP contribution is 2.26. The summed E-state index contributed by atoms with van der Waals surface area (Å²) in [6.07, 6.45) is 0. The van der Waals surface area contributed by atoms with E-state index < -0.39 is 17.7 Å². The van der Waals surface area contributed by atoms with Gasteiger partial charge < -0.3 is 10.8 Å². The van der Waals surface area contributed by atoms with E-state index >= 15 is 0 Å². The molecule has 1 amide bonds. The first-order valence-electron chi connectivity index (χ1n) is 6.02. The predicted octanol–water partition coefficient (Wildman–Crippen LogP) is 2.92. The van der Waals surface area contributed by atoms with Gasteiger partial charge in [0.05, 0.1) is 5.56 Å². The van der Waals surface area contributed by atoms with Crippen molar-refractivity contribution in [3.8, 4) is 0 Å². The Bertz CT molecular complexity index is 703. The van der Waals surface area contributed by atoms with Gasteiger partial charge >= 0.3 is 5.97 Å². The Labute approximate surface area is 124 Å². The lowest BCUT2D eigenvalue weighted by molar-refractivity contribution is 0.0691. The van der Waals surface area contributed by atoms with Crippen LogP contribution in [-0.2, 0) is 5.75 Å². The number of benzene rings is 2. The number of hydrogen-bond acceptors (Lipinski definition) is 3. The number of aromatic carboxylic acids is 1. The average molecular weight is 305 g/mol. The second-order valence-electron chi connectivity index (χ2n) is 4.26. The summed E-state index contributed by atoms with van der Waals surface area (Å²) in [6.45, 7) is 0. The minimum atomic E-state index is -1.31. The van der Waals surface area contributed by atoms with Crippen molar-refractivity contribution in [2.75, 3.05) is 0 Å². The summed E-state index contributed by atoms with van der Waals surface area (Å²) in [7, 11) is 0. The van der Waals surface area contributed by atoms with Crippen molar-refractivity contribution in [3.63, 3.8) is 0 Å². The average Bonchev–Trinajstić information content (AvgIpc) is 2.46. The van der Waals surface area contributed by atoms with E-state index in [-0.39, 0.29) is 5.56 Å². The van der Waals surface area contributed by atoms with E-state index in [1.807, 2.05) is 0 Å². The van der Waals surface area contributed by atoms with Crippen molar-refractivity contribution in [2.24, 2.45) is 5.73 Å². The van der Waals surface area contributed by atoms with Crippen molar-refractivity contribution in [1.29, 1.82) is 0 Å². The van der Waals surface area contributed by atoms with E-state index in [4.69, 9.17) is 10.8 Å². The number of thioether (sulfide) groups is 1. The summed E-state index contributed by atoms with van der Waals surface area (Å²) in [5, 5.41) is 8.88. The highest BCUT2D eigenvalue weighted by molar-refractivity contribution is 7.98. The molecule has 0 saturated heterocycles. The summed E-state index contributed by atoms with van der Waals surface area (Å²) < 4.78 is 13.3. The quantitative estimate of drug-likeness (QED) is 0.832. The van der Waals surface area contributed by atoms with Gasteiger partial charge in [0.15, 0.2) is 0 Å². The zero-order valence-electron chi connectivity index (χ0n) is 10.9. The Morgan fingerprint density at radius 1 is 1.14 bits per heavy atom. The third-order valence-electron chi connectivity index (χ3n) is 2.85. The molecule has 2 aromatic rings. The van der Waals surface area contributed by atoms with Crippen molar-refractivity contribution >= 4 is 23.6 Å². The van der Waals surface area contributed by atoms with Crippen LogP contribution >= 0.6 is 11.8 Å². The summed E-state index contributed by atoms with van der Waals surface area (Å²) >= 11 is 1.31. The van der Waals surface area contributed by atoms with Gasteiger partial charge in [0.1, 0.15) is 5.82 Å². The van der Waals surface area contributed by atoms with Crippen molar-refractivity contribution in [3.05, 3.63) is 65.0 Å². The number of hydrogen-bond donors (Lipinski definition) is 2. The standard InChI is InChI=1S/C15H12FNO3S/c16-13-6-5-10(7-12(13)15(19)20)21-8-9-3-1-2-4-11(9)14(17)18/h1-7H,8H2,(H2,17,18)(H,19,20).